The molecule has 1 unspecified atom stereocenters. The Kier molecular flexibility index (Phi) is 5.98. The molecule has 1 aliphatic heterocycles. The smallest absolute Gasteiger partial charge is 0.254 e. The van der Waals surface area contributed by atoms with Crippen molar-refractivity contribution < 1.29 is 19.4 Å². The number of benzene rings is 1. The predicted molar refractivity (Wildman–Crippen MR) is 96.6 cm³/mol. The van der Waals surface area contributed by atoms with Crippen LogP contribution in [0.4, 0.5) is 5.69 Å². The van der Waals surface area contributed by atoms with Crippen LogP contribution < -0.4 is 4.90 Å². The average molecular weight is 346 g/mol. The molecule has 6 nitrogen and oxygen atoms in total. The molecule has 1 aromatic carbocycles. The summed E-state index contributed by atoms with van der Waals surface area (Å²) in [6.07, 6.45) is 1.57. The minimum absolute atomic E-state index is 0.0289. The SMILES string of the molecule is C=CC(=O)N(C)c1ccc(C(=O)N2CC(CCO)OC(C)(C)C2)cc1. The zero-order chi connectivity index (χ0) is 18.6. The molecule has 0 bridgehead atoms. The Bertz CT molecular complexity index is 639. The van der Waals surface area contributed by atoms with Crippen LogP contribution in [0.5, 0.6) is 0 Å². The summed E-state index contributed by atoms with van der Waals surface area (Å²) in [5.74, 6) is -0.288. The lowest BCUT2D eigenvalue weighted by atomic mass is 10.0. The summed E-state index contributed by atoms with van der Waals surface area (Å²) in [6.45, 7) is 8.33. The summed E-state index contributed by atoms with van der Waals surface area (Å²) in [5, 5.41) is 9.16. The van der Waals surface area contributed by atoms with Crippen LogP contribution in [0.25, 0.3) is 0 Å². The standard InChI is InChI=1S/C19H26N2O4/c1-5-17(23)20(4)15-8-6-14(7-9-15)18(24)21-12-16(10-11-22)25-19(2,3)13-21/h5-9,16,22H,1,10-13H2,2-4H3. The van der Waals surface area contributed by atoms with Gasteiger partial charge in [-0.2, -0.15) is 0 Å². The van der Waals surface area contributed by atoms with Crippen molar-refractivity contribution in [2.75, 3.05) is 31.6 Å². The molecule has 0 aliphatic carbocycles. The summed E-state index contributed by atoms with van der Waals surface area (Å²) in [5.41, 5.74) is 0.801. The molecular weight excluding hydrogens is 320 g/mol. The first-order chi connectivity index (χ1) is 11.8. The molecule has 2 amide bonds. The number of hydrogen-bond acceptors (Lipinski definition) is 4. The lowest BCUT2D eigenvalue weighted by Crippen LogP contribution is -2.54. The van der Waals surface area contributed by atoms with Gasteiger partial charge < -0.3 is 19.6 Å². The van der Waals surface area contributed by atoms with Crippen LogP contribution in [0.15, 0.2) is 36.9 Å². The van der Waals surface area contributed by atoms with Crippen LogP contribution in [-0.4, -0.2) is 60.3 Å². The van der Waals surface area contributed by atoms with E-state index >= 15 is 0 Å². The number of amides is 2. The second-order valence-electron chi connectivity index (χ2n) is 6.85. The minimum Gasteiger partial charge on any atom is -0.396 e. The van der Waals surface area contributed by atoms with E-state index in [9.17, 15) is 9.59 Å². The van der Waals surface area contributed by atoms with Crippen LogP contribution in [0, 0.1) is 0 Å². The lowest BCUT2D eigenvalue weighted by Gasteiger charge is -2.42. The third kappa shape index (κ3) is 4.67. The van der Waals surface area contributed by atoms with Crippen molar-refractivity contribution in [3.05, 3.63) is 42.5 Å². The number of hydrogen-bond donors (Lipinski definition) is 1. The van der Waals surface area contributed by atoms with E-state index in [1.54, 1.807) is 36.2 Å². The number of likely N-dealkylation sites (N-methyl/N-ethyl adjacent to an activating group) is 1. The van der Waals surface area contributed by atoms with Gasteiger partial charge in [0.2, 0.25) is 5.91 Å². The van der Waals surface area contributed by atoms with Gasteiger partial charge in [0.25, 0.3) is 5.91 Å². The van der Waals surface area contributed by atoms with Crippen molar-refractivity contribution >= 4 is 17.5 Å². The molecule has 1 aromatic rings. The first kappa shape index (κ1) is 19.1. The minimum atomic E-state index is -0.454. The molecule has 0 spiro atoms. The number of anilines is 1. The van der Waals surface area contributed by atoms with Gasteiger partial charge in [0.15, 0.2) is 0 Å². The van der Waals surface area contributed by atoms with Gasteiger partial charge in [0.1, 0.15) is 0 Å². The van der Waals surface area contributed by atoms with Crippen molar-refractivity contribution in [3.63, 3.8) is 0 Å². The Morgan fingerprint density at radius 1 is 1.40 bits per heavy atom. The van der Waals surface area contributed by atoms with E-state index in [1.165, 1.54) is 11.0 Å². The van der Waals surface area contributed by atoms with E-state index in [-0.39, 0.29) is 24.5 Å². The Labute approximate surface area is 148 Å². The maximum Gasteiger partial charge on any atom is 0.254 e. The first-order valence-corrected chi connectivity index (χ1v) is 8.35. The zero-order valence-corrected chi connectivity index (χ0v) is 15.1. The summed E-state index contributed by atoms with van der Waals surface area (Å²) in [6, 6.07) is 6.92. The maximum atomic E-state index is 12.8. The molecule has 1 heterocycles. The highest BCUT2D eigenvalue weighted by Crippen LogP contribution is 2.24. The van der Waals surface area contributed by atoms with Gasteiger partial charge in [-0.15, -0.1) is 0 Å². The van der Waals surface area contributed by atoms with Crippen molar-refractivity contribution in [1.29, 1.82) is 0 Å². The van der Waals surface area contributed by atoms with Crippen molar-refractivity contribution in [2.45, 2.75) is 32.0 Å². The first-order valence-electron chi connectivity index (χ1n) is 8.35. The van der Waals surface area contributed by atoms with Gasteiger partial charge in [-0.25, -0.2) is 0 Å². The maximum absolute atomic E-state index is 12.8. The van der Waals surface area contributed by atoms with E-state index in [0.717, 1.165) is 0 Å². The molecule has 1 atom stereocenters. The van der Waals surface area contributed by atoms with Gasteiger partial charge in [-0.1, -0.05) is 6.58 Å². The van der Waals surface area contributed by atoms with Gasteiger partial charge in [0.05, 0.1) is 11.7 Å². The van der Waals surface area contributed by atoms with Crippen LogP contribution in [0.2, 0.25) is 0 Å². The Morgan fingerprint density at radius 3 is 2.60 bits per heavy atom. The van der Waals surface area contributed by atoms with Crippen molar-refractivity contribution in [3.8, 4) is 0 Å². The van der Waals surface area contributed by atoms with Crippen molar-refractivity contribution in [2.24, 2.45) is 0 Å². The summed E-state index contributed by atoms with van der Waals surface area (Å²) in [7, 11) is 1.66. The molecule has 0 saturated carbocycles. The zero-order valence-electron chi connectivity index (χ0n) is 15.1. The highest BCUT2D eigenvalue weighted by Gasteiger charge is 2.35. The number of carbonyl (C=O) groups excluding carboxylic acids is 2. The molecule has 0 aromatic heterocycles. The highest BCUT2D eigenvalue weighted by molar-refractivity contribution is 6.01. The monoisotopic (exact) mass is 346 g/mol. The molecule has 1 fully saturated rings. The third-order valence-electron chi connectivity index (χ3n) is 4.23. The normalized spacial score (nSPS) is 19.4. The number of aliphatic hydroxyl groups is 1. The van der Waals surface area contributed by atoms with Crippen LogP contribution in [0.1, 0.15) is 30.6 Å². The molecule has 136 valence electrons. The van der Waals surface area contributed by atoms with Crippen molar-refractivity contribution in [1.82, 2.24) is 4.90 Å². The topological polar surface area (TPSA) is 70.1 Å². The van der Waals surface area contributed by atoms with Gasteiger partial charge in [0, 0.05) is 38.0 Å². The Morgan fingerprint density at radius 2 is 2.04 bits per heavy atom. The van der Waals surface area contributed by atoms with E-state index < -0.39 is 5.60 Å². The lowest BCUT2D eigenvalue weighted by molar-refractivity contribution is -0.131. The molecule has 25 heavy (non-hydrogen) atoms. The van der Waals surface area contributed by atoms with Crippen LogP contribution >= 0.6 is 0 Å². The number of morpholine rings is 1. The largest absolute Gasteiger partial charge is 0.396 e. The van der Waals surface area contributed by atoms with Gasteiger partial charge in [-0.3, -0.25) is 9.59 Å². The Hall–Kier alpha value is -2.18. The van der Waals surface area contributed by atoms with Gasteiger partial charge in [-0.05, 0) is 50.6 Å². The van der Waals surface area contributed by atoms with Gasteiger partial charge >= 0.3 is 0 Å². The van der Waals surface area contributed by atoms with Crippen LogP contribution in [0.3, 0.4) is 0 Å². The number of aliphatic hydroxyl groups excluding tert-OH is 1. The fourth-order valence-corrected chi connectivity index (χ4v) is 3.02. The molecule has 6 heteroatoms. The molecule has 1 aliphatic rings. The molecule has 0 radical (unpaired) electrons. The Balaban J connectivity index is 2.14. The molecular formula is C19H26N2O4. The fourth-order valence-electron chi connectivity index (χ4n) is 3.02. The van der Waals surface area contributed by atoms with E-state index in [0.29, 0.717) is 30.8 Å². The summed E-state index contributed by atoms with van der Waals surface area (Å²) < 4.78 is 5.91. The van der Waals surface area contributed by atoms with Crippen LogP contribution in [-0.2, 0) is 9.53 Å². The van der Waals surface area contributed by atoms with E-state index in [1.807, 2.05) is 13.8 Å². The predicted octanol–water partition coefficient (Wildman–Crippen LogP) is 1.84. The van der Waals surface area contributed by atoms with E-state index in [2.05, 4.69) is 6.58 Å². The third-order valence-corrected chi connectivity index (χ3v) is 4.23. The molecule has 1 N–H and O–H groups in total. The number of nitrogens with zero attached hydrogens (tertiary/aromatic N) is 2. The average Bonchev–Trinajstić information content (AvgIpc) is 2.58. The molecule has 1 saturated heterocycles. The summed E-state index contributed by atoms with van der Waals surface area (Å²) in [4.78, 5) is 27.7. The number of carbonyl (C=O) groups is 2. The quantitative estimate of drug-likeness (QED) is 0.826. The highest BCUT2D eigenvalue weighted by atomic mass is 16.5. The fraction of sp³-hybridized carbons (Fsp3) is 0.474. The number of rotatable bonds is 5. The number of ether oxygens (including phenoxy) is 1. The second-order valence-corrected chi connectivity index (χ2v) is 6.85. The second kappa shape index (κ2) is 7.80. The van der Waals surface area contributed by atoms with E-state index in [4.69, 9.17) is 9.84 Å². The summed E-state index contributed by atoms with van der Waals surface area (Å²) >= 11 is 0. The molecule has 2 rings (SSSR count).